The Morgan fingerprint density at radius 3 is 2.70 bits per heavy atom. The number of anilines is 1. The van der Waals surface area contributed by atoms with Crippen LogP contribution in [0.3, 0.4) is 0 Å². The van der Waals surface area contributed by atoms with Crippen molar-refractivity contribution in [2.45, 2.75) is 0 Å². The highest BCUT2D eigenvalue weighted by Gasteiger charge is 2.14. The van der Waals surface area contributed by atoms with E-state index < -0.39 is 5.97 Å². The van der Waals surface area contributed by atoms with E-state index in [1.165, 1.54) is 6.07 Å². The third kappa shape index (κ3) is 2.17. The fourth-order valence-corrected chi connectivity index (χ4v) is 2.70. The second-order valence-corrected chi connectivity index (χ2v) is 5.25. The van der Waals surface area contributed by atoms with Crippen LogP contribution < -0.4 is 5.32 Å². The number of thiophene rings is 1. The van der Waals surface area contributed by atoms with Crippen molar-refractivity contribution in [1.29, 1.82) is 0 Å². The van der Waals surface area contributed by atoms with Gasteiger partial charge < -0.3 is 15.4 Å². The van der Waals surface area contributed by atoms with Crippen LogP contribution in [0.1, 0.15) is 20.0 Å². The van der Waals surface area contributed by atoms with Crippen LogP contribution in [0.25, 0.3) is 10.9 Å². The number of aromatic nitrogens is 1. The van der Waals surface area contributed by atoms with Crippen LogP contribution in [0.4, 0.5) is 5.00 Å². The van der Waals surface area contributed by atoms with Gasteiger partial charge in [0.2, 0.25) is 0 Å². The number of hydrogen-bond acceptors (Lipinski definition) is 3. The van der Waals surface area contributed by atoms with Crippen molar-refractivity contribution in [2.75, 3.05) is 5.32 Å². The van der Waals surface area contributed by atoms with Crippen molar-refractivity contribution in [2.24, 2.45) is 0 Å². The zero-order chi connectivity index (χ0) is 14.1. The minimum Gasteiger partial charge on any atom is -0.477 e. The van der Waals surface area contributed by atoms with E-state index in [1.807, 2.05) is 24.3 Å². The summed E-state index contributed by atoms with van der Waals surface area (Å²) in [5.41, 5.74) is 1.42. The van der Waals surface area contributed by atoms with Gasteiger partial charge in [0.1, 0.15) is 4.88 Å². The van der Waals surface area contributed by atoms with E-state index >= 15 is 0 Å². The SMILES string of the molecule is O=C(O)c1ccc(NC(=O)c2c[nH]c3ccccc23)s1. The summed E-state index contributed by atoms with van der Waals surface area (Å²) in [7, 11) is 0. The summed E-state index contributed by atoms with van der Waals surface area (Å²) < 4.78 is 0. The molecule has 1 amide bonds. The number of aromatic amines is 1. The van der Waals surface area contributed by atoms with Crippen molar-refractivity contribution < 1.29 is 14.7 Å². The highest BCUT2D eigenvalue weighted by Crippen LogP contribution is 2.24. The molecular formula is C14H10N2O3S. The predicted octanol–water partition coefficient (Wildman–Crippen LogP) is 3.18. The number of carboxylic acids is 1. The van der Waals surface area contributed by atoms with Crippen molar-refractivity contribution in [3.8, 4) is 0 Å². The molecule has 0 radical (unpaired) electrons. The Hall–Kier alpha value is -2.60. The summed E-state index contributed by atoms with van der Waals surface area (Å²) in [6.07, 6.45) is 1.64. The van der Waals surface area contributed by atoms with Crippen molar-refractivity contribution in [3.63, 3.8) is 0 Å². The Balaban J connectivity index is 1.87. The van der Waals surface area contributed by atoms with Crippen LogP contribution in [0, 0.1) is 0 Å². The number of rotatable bonds is 3. The van der Waals surface area contributed by atoms with Crippen LogP contribution in [0.5, 0.6) is 0 Å². The molecule has 3 N–H and O–H groups in total. The highest BCUT2D eigenvalue weighted by atomic mass is 32.1. The van der Waals surface area contributed by atoms with E-state index in [0.29, 0.717) is 10.6 Å². The van der Waals surface area contributed by atoms with Gasteiger partial charge in [-0.05, 0) is 18.2 Å². The average molecular weight is 286 g/mol. The predicted molar refractivity (Wildman–Crippen MR) is 77.5 cm³/mol. The molecule has 0 saturated carbocycles. The maximum atomic E-state index is 12.2. The summed E-state index contributed by atoms with van der Waals surface area (Å²) in [5, 5.41) is 12.9. The molecule has 3 rings (SSSR count). The third-order valence-electron chi connectivity index (χ3n) is 2.89. The summed E-state index contributed by atoms with van der Waals surface area (Å²) in [5.74, 6) is -1.26. The van der Waals surface area contributed by atoms with Crippen molar-refractivity contribution in [3.05, 3.63) is 53.0 Å². The fraction of sp³-hybridized carbons (Fsp3) is 0. The largest absolute Gasteiger partial charge is 0.477 e. The number of nitrogens with one attached hydrogen (secondary N) is 2. The van der Waals surface area contributed by atoms with Gasteiger partial charge in [-0.3, -0.25) is 4.79 Å². The molecule has 0 aliphatic rings. The summed E-state index contributed by atoms with van der Waals surface area (Å²) in [6, 6.07) is 10.6. The molecule has 0 bridgehead atoms. The van der Waals surface area contributed by atoms with Crippen molar-refractivity contribution in [1.82, 2.24) is 4.98 Å². The Morgan fingerprint density at radius 1 is 1.15 bits per heavy atom. The zero-order valence-corrected chi connectivity index (χ0v) is 11.0. The first kappa shape index (κ1) is 12.4. The Bertz CT molecular complexity index is 803. The number of aromatic carboxylic acids is 1. The van der Waals surface area contributed by atoms with Gasteiger partial charge in [-0.15, -0.1) is 11.3 Å². The van der Waals surface area contributed by atoms with Gasteiger partial charge in [-0.2, -0.15) is 0 Å². The number of H-pyrrole nitrogens is 1. The molecule has 0 atom stereocenters. The maximum Gasteiger partial charge on any atom is 0.345 e. The fourth-order valence-electron chi connectivity index (χ4n) is 1.96. The lowest BCUT2D eigenvalue weighted by atomic mass is 10.1. The monoisotopic (exact) mass is 286 g/mol. The molecule has 0 aliphatic heterocycles. The van der Waals surface area contributed by atoms with E-state index in [1.54, 1.807) is 12.3 Å². The molecule has 0 saturated heterocycles. The van der Waals surface area contributed by atoms with Gasteiger partial charge in [0.15, 0.2) is 0 Å². The Labute approximate surface area is 117 Å². The molecule has 5 nitrogen and oxygen atoms in total. The molecule has 1 aromatic carbocycles. The lowest BCUT2D eigenvalue weighted by Crippen LogP contribution is -2.10. The first-order chi connectivity index (χ1) is 9.65. The number of carbonyl (C=O) groups is 2. The number of hydrogen-bond donors (Lipinski definition) is 3. The Morgan fingerprint density at radius 2 is 1.95 bits per heavy atom. The lowest BCUT2D eigenvalue weighted by Gasteiger charge is -2.00. The molecule has 0 spiro atoms. The topological polar surface area (TPSA) is 82.2 Å². The van der Waals surface area contributed by atoms with Crippen LogP contribution in [-0.2, 0) is 0 Å². The molecule has 0 aliphatic carbocycles. The highest BCUT2D eigenvalue weighted by molar-refractivity contribution is 7.18. The summed E-state index contributed by atoms with van der Waals surface area (Å²) >= 11 is 1.03. The molecule has 2 heterocycles. The van der Waals surface area contributed by atoms with Gasteiger partial charge in [-0.1, -0.05) is 18.2 Å². The minimum absolute atomic E-state index is 0.194. The van der Waals surface area contributed by atoms with Gasteiger partial charge >= 0.3 is 5.97 Å². The molecule has 100 valence electrons. The van der Waals surface area contributed by atoms with Crippen LogP contribution in [-0.4, -0.2) is 22.0 Å². The quantitative estimate of drug-likeness (QED) is 0.691. The first-order valence-electron chi connectivity index (χ1n) is 5.86. The smallest absolute Gasteiger partial charge is 0.345 e. The second-order valence-electron chi connectivity index (χ2n) is 4.17. The third-order valence-corrected chi connectivity index (χ3v) is 3.88. The number of fused-ring (bicyclic) bond motifs is 1. The number of amides is 1. The Kier molecular flexibility index (Phi) is 3.00. The standard InChI is InChI=1S/C14H10N2O3S/c17-13(16-12-6-5-11(20-12)14(18)19)9-7-15-10-4-2-1-3-8(9)10/h1-7,15H,(H,16,17)(H,18,19). The van der Waals surface area contributed by atoms with Gasteiger partial charge in [-0.25, -0.2) is 4.79 Å². The first-order valence-corrected chi connectivity index (χ1v) is 6.67. The zero-order valence-electron chi connectivity index (χ0n) is 10.2. The van der Waals surface area contributed by atoms with Crippen LogP contribution in [0.2, 0.25) is 0 Å². The second kappa shape index (κ2) is 4.82. The minimum atomic E-state index is -0.998. The number of carboxylic acid groups (broad SMARTS) is 1. The summed E-state index contributed by atoms with van der Waals surface area (Å²) in [6.45, 7) is 0. The average Bonchev–Trinajstić information content (AvgIpc) is 3.04. The van der Waals surface area contributed by atoms with E-state index in [2.05, 4.69) is 10.3 Å². The van der Waals surface area contributed by atoms with E-state index in [4.69, 9.17) is 5.11 Å². The number of benzene rings is 1. The lowest BCUT2D eigenvalue weighted by molar-refractivity contribution is 0.0702. The van der Waals surface area contributed by atoms with Crippen LogP contribution >= 0.6 is 11.3 Å². The van der Waals surface area contributed by atoms with Gasteiger partial charge in [0.05, 0.1) is 10.6 Å². The van der Waals surface area contributed by atoms with Gasteiger partial charge in [0.25, 0.3) is 5.91 Å². The molecule has 6 heteroatoms. The molecule has 3 aromatic rings. The maximum absolute atomic E-state index is 12.2. The molecule has 0 fully saturated rings. The molecular weight excluding hydrogens is 276 g/mol. The van der Waals surface area contributed by atoms with E-state index in [0.717, 1.165) is 22.2 Å². The van der Waals surface area contributed by atoms with Gasteiger partial charge in [0, 0.05) is 17.1 Å². The normalized spacial score (nSPS) is 10.6. The van der Waals surface area contributed by atoms with Crippen LogP contribution in [0.15, 0.2) is 42.6 Å². The number of carbonyl (C=O) groups excluding carboxylic acids is 1. The number of para-hydroxylation sites is 1. The van der Waals surface area contributed by atoms with E-state index in [-0.39, 0.29) is 10.8 Å². The molecule has 2 aromatic heterocycles. The van der Waals surface area contributed by atoms with E-state index in [9.17, 15) is 9.59 Å². The molecule has 0 unspecified atom stereocenters. The molecule has 20 heavy (non-hydrogen) atoms. The summed E-state index contributed by atoms with van der Waals surface area (Å²) in [4.78, 5) is 26.2. The van der Waals surface area contributed by atoms with Crippen molar-refractivity contribution >= 4 is 39.1 Å².